The molecule has 0 radical (unpaired) electrons. The first kappa shape index (κ1) is 16.6. The van der Waals surface area contributed by atoms with Crippen molar-refractivity contribution in [1.82, 2.24) is 14.9 Å². The Morgan fingerprint density at radius 1 is 1.23 bits per heavy atom. The zero-order valence-corrected chi connectivity index (χ0v) is 14.2. The highest BCUT2D eigenvalue weighted by Gasteiger charge is 2.13. The molecule has 0 spiro atoms. The van der Waals surface area contributed by atoms with Gasteiger partial charge in [0, 0.05) is 25.2 Å². The van der Waals surface area contributed by atoms with Crippen molar-refractivity contribution in [3.63, 3.8) is 0 Å². The van der Waals surface area contributed by atoms with Crippen LogP contribution in [-0.2, 0) is 11.2 Å². The SMILES string of the molecule is CCN(CC)C(=O)CSc1nc(Cc2ccccc2)c(C)[nH]1. The van der Waals surface area contributed by atoms with Crippen molar-refractivity contribution in [3.05, 3.63) is 47.3 Å². The molecule has 0 aliphatic heterocycles. The van der Waals surface area contributed by atoms with Crippen LogP contribution in [0.15, 0.2) is 35.5 Å². The Morgan fingerprint density at radius 2 is 1.91 bits per heavy atom. The molecule has 22 heavy (non-hydrogen) atoms. The third-order valence-corrected chi connectivity index (χ3v) is 4.48. The lowest BCUT2D eigenvalue weighted by Crippen LogP contribution is -2.31. The first-order valence-electron chi connectivity index (χ1n) is 7.64. The summed E-state index contributed by atoms with van der Waals surface area (Å²) in [6.45, 7) is 7.54. The molecule has 0 saturated carbocycles. The lowest BCUT2D eigenvalue weighted by Gasteiger charge is -2.17. The van der Waals surface area contributed by atoms with Gasteiger partial charge in [0.15, 0.2) is 5.16 Å². The average molecular weight is 317 g/mol. The fourth-order valence-electron chi connectivity index (χ4n) is 2.29. The number of benzene rings is 1. The summed E-state index contributed by atoms with van der Waals surface area (Å²) in [6.07, 6.45) is 0.813. The van der Waals surface area contributed by atoms with Crippen LogP contribution < -0.4 is 0 Å². The standard InChI is InChI=1S/C17H23N3OS/c1-4-20(5-2)16(21)12-22-17-18-13(3)15(19-17)11-14-9-7-6-8-10-14/h6-10H,4-5,11-12H2,1-3H3,(H,18,19). The van der Waals surface area contributed by atoms with Gasteiger partial charge in [-0.15, -0.1) is 0 Å². The smallest absolute Gasteiger partial charge is 0.233 e. The number of carbonyl (C=O) groups excluding carboxylic acids is 1. The number of nitrogens with one attached hydrogen (secondary N) is 1. The monoisotopic (exact) mass is 317 g/mol. The number of hydrogen-bond donors (Lipinski definition) is 1. The van der Waals surface area contributed by atoms with Crippen molar-refractivity contribution in [2.75, 3.05) is 18.8 Å². The second kappa shape index (κ2) is 8.03. The first-order valence-corrected chi connectivity index (χ1v) is 8.62. The summed E-state index contributed by atoms with van der Waals surface area (Å²) in [5.74, 6) is 0.591. The minimum atomic E-state index is 0.161. The van der Waals surface area contributed by atoms with E-state index in [0.29, 0.717) is 5.75 Å². The fourth-order valence-corrected chi connectivity index (χ4v) is 3.14. The van der Waals surface area contributed by atoms with E-state index < -0.39 is 0 Å². The second-order valence-corrected chi connectivity index (χ2v) is 6.09. The maximum absolute atomic E-state index is 12.0. The highest BCUT2D eigenvalue weighted by molar-refractivity contribution is 7.99. The Balaban J connectivity index is 1.96. The number of aromatic amines is 1. The molecule has 0 bridgehead atoms. The topological polar surface area (TPSA) is 49.0 Å². The lowest BCUT2D eigenvalue weighted by molar-refractivity contribution is -0.127. The summed E-state index contributed by atoms with van der Waals surface area (Å²) >= 11 is 1.48. The Morgan fingerprint density at radius 3 is 2.55 bits per heavy atom. The molecule has 1 amide bonds. The van der Waals surface area contributed by atoms with Crippen LogP contribution in [0.3, 0.4) is 0 Å². The average Bonchev–Trinajstić information content (AvgIpc) is 2.87. The van der Waals surface area contributed by atoms with E-state index in [0.717, 1.165) is 36.1 Å². The Bertz CT molecular complexity index is 606. The van der Waals surface area contributed by atoms with E-state index in [1.807, 2.05) is 43.9 Å². The quantitative estimate of drug-likeness (QED) is 0.797. The van der Waals surface area contributed by atoms with Gasteiger partial charge in [-0.3, -0.25) is 4.79 Å². The molecule has 0 aliphatic carbocycles. The third-order valence-electron chi connectivity index (χ3n) is 3.63. The number of hydrogen-bond acceptors (Lipinski definition) is 3. The number of imidazole rings is 1. The van der Waals surface area contributed by atoms with Gasteiger partial charge in [0.1, 0.15) is 0 Å². The Kier molecular flexibility index (Phi) is 6.07. The van der Waals surface area contributed by atoms with Crippen LogP contribution in [0.25, 0.3) is 0 Å². The van der Waals surface area contributed by atoms with Gasteiger partial charge in [-0.2, -0.15) is 0 Å². The van der Waals surface area contributed by atoms with E-state index in [2.05, 4.69) is 22.1 Å². The Labute approximate surface area is 136 Å². The molecule has 0 aliphatic rings. The largest absolute Gasteiger partial charge is 0.343 e. The predicted molar refractivity (Wildman–Crippen MR) is 91.2 cm³/mol. The highest BCUT2D eigenvalue weighted by atomic mass is 32.2. The van der Waals surface area contributed by atoms with Crippen molar-refractivity contribution in [2.45, 2.75) is 32.3 Å². The molecule has 1 heterocycles. The van der Waals surface area contributed by atoms with Gasteiger partial charge in [0.05, 0.1) is 11.4 Å². The van der Waals surface area contributed by atoms with Crippen LogP contribution >= 0.6 is 11.8 Å². The normalized spacial score (nSPS) is 10.7. The molecule has 4 nitrogen and oxygen atoms in total. The molecule has 0 unspecified atom stereocenters. The number of aromatic nitrogens is 2. The molecular formula is C17H23N3OS. The molecule has 5 heteroatoms. The number of carbonyl (C=O) groups is 1. The van der Waals surface area contributed by atoms with Crippen molar-refractivity contribution in [1.29, 1.82) is 0 Å². The van der Waals surface area contributed by atoms with E-state index in [4.69, 9.17) is 0 Å². The summed E-state index contributed by atoms with van der Waals surface area (Å²) in [5.41, 5.74) is 3.36. The molecular weight excluding hydrogens is 294 g/mol. The van der Waals surface area contributed by atoms with Gasteiger partial charge >= 0.3 is 0 Å². The fraction of sp³-hybridized carbons (Fsp3) is 0.412. The van der Waals surface area contributed by atoms with Gasteiger partial charge in [-0.25, -0.2) is 4.98 Å². The number of H-pyrrole nitrogens is 1. The zero-order chi connectivity index (χ0) is 15.9. The summed E-state index contributed by atoms with van der Waals surface area (Å²) in [6, 6.07) is 10.3. The van der Waals surface area contributed by atoms with Crippen LogP contribution in [0.5, 0.6) is 0 Å². The van der Waals surface area contributed by atoms with Gasteiger partial charge in [-0.1, -0.05) is 42.1 Å². The maximum Gasteiger partial charge on any atom is 0.233 e. The summed E-state index contributed by atoms with van der Waals surface area (Å²) in [4.78, 5) is 21.8. The maximum atomic E-state index is 12.0. The predicted octanol–water partition coefficient (Wildman–Crippen LogP) is 3.27. The lowest BCUT2D eigenvalue weighted by atomic mass is 10.1. The van der Waals surface area contributed by atoms with E-state index in [9.17, 15) is 4.79 Å². The van der Waals surface area contributed by atoms with Crippen LogP contribution in [0, 0.1) is 6.92 Å². The van der Waals surface area contributed by atoms with Crippen LogP contribution in [0.4, 0.5) is 0 Å². The van der Waals surface area contributed by atoms with Crippen LogP contribution in [0.1, 0.15) is 30.8 Å². The van der Waals surface area contributed by atoms with Crippen LogP contribution in [-0.4, -0.2) is 39.6 Å². The summed E-state index contributed by atoms with van der Waals surface area (Å²) in [7, 11) is 0. The number of amides is 1. The molecule has 1 aromatic heterocycles. The third kappa shape index (κ3) is 4.37. The van der Waals surface area contributed by atoms with E-state index in [1.165, 1.54) is 17.3 Å². The van der Waals surface area contributed by atoms with Crippen molar-refractivity contribution in [3.8, 4) is 0 Å². The van der Waals surface area contributed by atoms with E-state index >= 15 is 0 Å². The van der Waals surface area contributed by atoms with Gasteiger partial charge in [0.2, 0.25) is 5.91 Å². The number of thioether (sulfide) groups is 1. The van der Waals surface area contributed by atoms with Gasteiger partial charge in [0.25, 0.3) is 0 Å². The number of rotatable bonds is 7. The summed E-state index contributed by atoms with van der Waals surface area (Å²) < 4.78 is 0. The molecule has 0 saturated heterocycles. The molecule has 2 aromatic rings. The zero-order valence-electron chi connectivity index (χ0n) is 13.4. The molecule has 1 aromatic carbocycles. The molecule has 2 rings (SSSR count). The number of nitrogens with zero attached hydrogens (tertiary/aromatic N) is 2. The molecule has 0 atom stereocenters. The molecule has 118 valence electrons. The van der Waals surface area contributed by atoms with Gasteiger partial charge < -0.3 is 9.88 Å². The van der Waals surface area contributed by atoms with E-state index in [-0.39, 0.29) is 5.91 Å². The minimum Gasteiger partial charge on any atom is -0.343 e. The van der Waals surface area contributed by atoms with Gasteiger partial charge in [-0.05, 0) is 26.3 Å². The molecule has 0 fully saturated rings. The van der Waals surface area contributed by atoms with E-state index in [1.54, 1.807) is 0 Å². The van der Waals surface area contributed by atoms with Crippen LogP contribution in [0.2, 0.25) is 0 Å². The van der Waals surface area contributed by atoms with Crippen molar-refractivity contribution < 1.29 is 4.79 Å². The number of aryl methyl sites for hydroxylation is 1. The summed E-state index contributed by atoms with van der Waals surface area (Å²) in [5, 5.41) is 0.823. The molecule has 1 N–H and O–H groups in total. The minimum absolute atomic E-state index is 0.161. The van der Waals surface area contributed by atoms with Crippen molar-refractivity contribution >= 4 is 17.7 Å². The second-order valence-electron chi connectivity index (χ2n) is 5.13. The van der Waals surface area contributed by atoms with Crippen molar-refractivity contribution in [2.24, 2.45) is 0 Å². The Hall–Kier alpha value is -1.75. The first-order chi connectivity index (χ1) is 10.6. The highest BCUT2D eigenvalue weighted by Crippen LogP contribution is 2.19.